The molecule has 0 amide bonds. The first-order valence-electron chi connectivity index (χ1n) is 6.34. The third-order valence-electron chi connectivity index (χ3n) is 3.41. The van der Waals surface area contributed by atoms with Crippen molar-refractivity contribution in [2.45, 2.75) is 0 Å². The molecule has 0 spiro atoms. The molecule has 4 rings (SSSR count). The zero-order chi connectivity index (χ0) is 14.4. The molecule has 0 aliphatic rings. The number of rotatable bonds is 2. The van der Waals surface area contributed by atoms with Gasteiger partial charge in [0.05, 0.1) is 18.1 Å². The van der Waals surface area contributed by atoms with E-state index < -0.39 is 0 Å². The summed E-state index contributed by atoms with van der Waals surface area (Å²) in [5.74, 6) is 0.646. The minimum Gasteiger partial charge on any atom is -0.493 e. The Morgan fingerprint density at radius 1 is 1.14 bits per heavy atom. The maximum atomic E-state index is 11.3. The van der Waals surface area contributed by atoms with E-state index in [9.17, 15) is 4.79 Å². The number of fused-ring (bicyclic) bond motifs is 2. The van der Waals surface area contributed by atoms with Crippen molar-refractivity contribution in [3.63, 3.8) is 0 Å². The van der Waals surface area contributed by atoms with Crippen LogP contribution < -0.4 is 10.4 Å². The van der Waals surface area contributed by atoms with Gasteiger partial charge in [-0.2, -0.15) is 5.10 Å². The van der Waals surface area contributed by atoms with E-state index in [0.717, 1.165) is 22.2 Å². The number of hydrogen-bond acceptors (Lipinski definition) is 4. The van der Waals surface area contributed by atoms with Gasteiger partial charge in [-0.15, -0.1) is 0 Å². The van der Waals surface area contributed by atoms with Gasteiger partial charge in [-0.25, -0.2) is 14.3 Å². The number of ether oxygens (including phenoxy) is 1. The summed E-state index contributed by atoms with van der Waals surface area (Å²) in [5, 5.41) is 4.14. The van der Waals surface area contributed by atoms with Crippen molar-refractivity contribution in [1.29, 1.82) is 0 Å². The molecule has 0 saturated heterocycles. The minimum absolute atomic E-state index is 0.216. The lowest BCUT2D eigenvalue weighted by molar-refractivity contribution is 0.417. The molecule has 104 valence electrons. The summed E-state index contributed by atoms with van der Waals surface area (Å²) in [5.41, 5.74) is 3.86. The molecule has 3 heterocycles. The first-order valence-corrected chi connectivity index (χ1v) is 6.34. The van der Waals surface area contributed by atoms with Gasteiger partial charge in [0.25, 0.3) is 0 Å². The third kappa shape index (κ3) is 1.78. The zero-order valence-corrected chi connectivity index (χ0v) is 11.1. The normalized spacial score (nSPS) is 11.3. The Morgan fingerprint density at radius 2 is 2.00 bits per heavy atom. The molecule has 0 atom stereocenters. The molecule has 0 aliphatic heterocycles. The van der Waals surface area contributed by atoms with Crippen LogP contribution in [-0.2, 0) is 0 Å². The number of imidazole rings is 1. The fraction of sp³-hybridized carbons (Fsp3) is 0.0714. The number of hydrogen-bond donors (Lipinski definition) is 2. The largest absolute Gasteiger partial charge is 0.493 e. The van der Waals surface area contributed by atoms with E-state index in [1.54, 1.807) is 11.6 Å². The van der Waals surface area contributed by atoms with Crippen LogP contribution in [0.3, 0.4) is 0 Å². The summed E-state index contributed by atoms with van der Waals surface area (Å²) in [6.07, 6.45) is 3.35. The van der Waals surface area contributed by atoms with E-state index in [1.165, 1.54) is 6.33 Å². The standard InChI is InChI=1S/C14H11N5O2/c1-21-12-5-9(6-19-13(12)15-7-16-19)8-2-3-10-11(4-8)18-14(20)17-10/h2-7H,1H3,(H2,17,18,20). The van der Waals surface area contributed by atoms with Crippen molar-refractivity contribution in [2.24, 2.45) is 0 Å². The van der Waals surface area contributed by atoms with Crippen LogP contribution in [0.5, 0.6) is 5.75 Å². The molecular weight excluding hydrogens is 270 g/mol. The van der Waals surface area contributed by atoms with E-state index in [4.69, 9.17) is 4.74 Å². The Kier molecular flexibility index (Phi) is 2.34. The maximum Gasteiger partial charge on any atom is 0.323 e. The molecule has 3 aromatic heterocycles. The van der Waals surface area contributed by atoms with Crippen LogP contribution in [0.2, 0.25) is 0 Å². The van der Waals surface area contributed by atoms with Crippen LogP contribution in [0.4, 0.5) is 0 Å². The quantitative estimate of drug-likeness (QED) is 0.584. The number of aromatic nitrogens is 5. The van der Waals surface area contributed by atoms with Gasteiger partial charge >= 0.3 is 5.69 Å². The summed E-state index contributed by atoms with van der Waals surface area (Å²) in [6.45, 7) is 0. The van der Waals surface area contributed by atoms with Crippen LogP contribution in [0.15, 0.2) is 41.6 Å². The highest BCUT2D eigenvalue weighted by molar-refractivity contribution is 5.82. The molecule has 0 aliphatic carbocycles. The zero-order valence-electron chi connectivity index (χ0n) is 11.1. The highest BCUT2D eigenvalue weighted by Gasteiger charge is 2.09. The van der Waals surface area contributed by atoms with E-state index in [2.05, 4.69) is 20.1 Å². The smallest absolute Gasteiger partial charge is 0.323 e. The minimum atomic E-state index is -0.216. The van der Waals surface area contributed by atoms with Gasteiger partial charge in [0, 0.05) is 11.8 Å². The Bertz CT molecular complexity index is 1010. The summed E-state index contributed by atoms with van der Waals surface area (Å²) in [6, 6.07) is 7.60. The number of pyridine rings is 1. The summed E-state index contributed by atoms with van der Waals surface area (Å²) in [4.78, 5) is 20.9. The molecule has 0 unspecified atom stereocenters. The fourth-order valence-electron chi connectivity index (χ4n) is 2.42. The first kappa shape index (κ1) is 11.7. The second kappa shape index (κ2) is 4.20. The first-order chi connectivity index (χ1) is 10.2. The molecule has 0 radical (unpaired) electrons. The highest BCUT2D eigenvalue weighted by Crippen LogP contribution is 2.27. The topological polar surface area (TPSA) is 88.1 Å². The Labute approximate surface area is 118 Å². The van der Waals surface area contributed by atoms with Gasteiger partial charge < -0.3 is 14.7 Å². The van der Waals surface area contributed by atoms with E-state index >= 15 is 0 Å². The van der Waals surface area contributed by atoms with Crippen LogP contribution in [0.25, 0.3) is 27.8 Å². The highest BCUT2D eigenvalue weighted by atomic mass is 16.5. The van der Waals surface area contributed by atoms with Gasteiger partial charge in [-0.1, -0.05) is 6.07 Å². The van der Waals surface area contributed by atoms with Crippen molar-refractivity contribution in [2.75, 3.05) is 7.11 Å². The second-order valence-corrected chi connectivity index (χ2v) is 4.66. The Morgan fingerprint density at radius 3 is 2.86 bits per heavy atom. The molecule has 7 nitrogen and oxygen atoms in total. The molecule has 21 heavy (non-hydrogen) atoms. The SMILES string of the molecule is COc1cc(-c2ccc3[nH]c(=O)[nH]c3c2)cn2ncnc12. The Hall–Kier alpha value is -3.09. The van der Waals surface area contributed by atoms with Gasteiger partial charge in [0.15, 0.2) is 11.4 Å². The predicted octanol–water partition coefficient (Wildman–Crippen LogP) is 1.57. The lowest BCUT2D eigenvalue weighted by Gasteiger charge is -2.06. The number of aromatic amines is 2. The third-order valence-corrected chi connectivity index (χ3v) is 3.41. The molecule has 4 aromatic rings. The van der Waals surface area contributed by atoms with E-state index in [-0.39, 0.29) is 5.69 Å². The Balaban J connectivity index is 1.96. The molecule has 1 aromatic carbocycles. The molecule has 0 saturated carbocycles. The number of nitrogens with zero attached hydrogens (tertiary/aromatic N) is 3. The number of H-pyrrole nitrogens is 2. The van der Waals surface area contributed by atoms with Crippen LogP contribution in [0, 0.1) is 0 Å². The average Bonchev–Trinajstić information content (AvgIpc) is 3.09. The van der Waals surface area contributed by atoms with Crippen LogP contribution in [0.1, 0.15) is 0 Å². The lowest BCUT2D eigenvalue weighted by atomic mass is 10.1. The summed E-state index contributed by atoms with van der Waals surface area (Å²) in [7, 11) is 1.60. The van der Waals surface area contributed by atoms with Gasteiger partial charge in [0.2, 0.25) is 0 Å². The predicted molar refractivity (Wildman–Crippen MR) is 77.5 cm³/mol. The molecule has 0 fully saturated rings. The fourth-order valence-corrected chi connectivity index (χ4v) is 2.42. The van der Waals surface area contributed by atoms with Crippen LogP contribution >= 0.6 is 0 Å². The van der Waals surface area contributed by atoms with Crippen molar-refractivity contribution in [3.05, 3.63) is 47.3 Å². The van der Waals surface area contributed by atoms with Crippen LogP contribution in [-0.4, -0.2) is 31.7 Å². The van der Waals surface area contributed by atoms with Crippen molar-refractivity contribution >= 4 is 16.7 Å². The van der Waals surface area contributed by atoms with Gasteiger partial charge in [0.1, 0.15) is 6.33 Å². The van der Waals surface area contributed by atoms with Crippen molar-refractivity contribution in [3.8, 4) is 16.9 Å². The average molecular weight is 281 g/mol. The lowest BCUT2D eigenvalue weighted by Crippen LogP contribution is -1.99. The molecule has 2 N–H and O–H groups in total. The number of benzene rings is 1. The number of nitrogens with one attached hydrogen (secondary N) is 2. The van der Waals surface area contributed by atoms with E-state index in [0.29, 0.717) is 11.4 Å². The van der Waals surface area contributed by atoms with E-state index in [1.807, 2.05) is 30.5 Å². The van der Waals surface area contributed by atoms with Gasteiger partial charge in [-0.3, -0.25) is 0 Å². The van der Waals surface area contributed by atoms with Gasteiger partial charge in [-0.05, 0) is 23.8 Å². The van der Waals surface area contributed by atoms with Crippen molar-refractivity contribution < 1.29 is 4.74 Å². The molecule has 7 heteroatoms. The maximum absolute atomic E-state index is 11.3. The number of methoxy groups -OCH3 is 1. The second-order valence-electron chi connectivity index (χ2n) is 4.66. The monoisotopic (exact) mass is 281 g/mol. The molecule has 0 bridgehead atoms. The summed E-state index contributed by atoms with van der Waals surface area (Å²) >= 11 is 0. The molecular formula is C14H11N5O2. The van der Waals surface area contributed by atoms with Crippen molar-refractivity contribution in [1.82, 2.24) is 24.6 Å². The summed E-state index contributed by atoms with van der Waals surface area (Å²) < 4.78 is 7.02.